The van der Waals surface area contributed by atoms with E-state index in [0.717, 1.165) is 29.2 Å². The predicted molar refractivity (Wildman–Crippen MR) is 82.0 cm³/mol. The van der Waals surface area contributed by atoms with Crippen LogP contribution in [0.5, 0.6) is 5.75 Å². The van der Waals surface area contributed by atoms with Crippen molar-refractivity contribution < 1.29 is 4.74 Å². The number of hydrogen-bond acceptors (Lipinski definition) is 3. The van der Waals surface area contributed by atoms with E-state index in [-0.39, 0.29) is 0 Å². The zero-order valence-electron chi connectivity index (χ0n) is 12.0. The Morgan fingerprint density at radius 1 is 1.25 bits per heavy atom. The van der Waals surface area contributed by atoms with Gasteiger partial charge in [0, 0.05) is 17.6 Å². The molecular weight excluding hydrogens is 248 g/mol. The van der Waals surface area contributed by atoms with E-state index >= 15 is 0 Å². The van der Waals surface area contributed by atoms with Gasteiger partial charge >= 0.3 is 0 Å². The molecule has 0 spiro atoms. The first kappa shape index (κ1) is 13.4. The van der Waals surface area contributed by atoms with Crippen molar-refractivity contribution in [1.82, 2.24) is 10.3 Å². The minimum atomic E-state index is 0.449. The molecule has 0 bridgehead atoms. The zero-order chi connectivity index (χ0) is 13.8. The number of nitrogens with zero attached hydrogens (tertiary/aromatic N) is 1. The van der Waals surface area contributed by atoms with Crippen LogP contribution in [-0.4, -0.2) is 24.7 Å². The van der Waals surface area contributed by atoms with Crippen LogP contribution in [0.15, 0.2) is 36.5 Å². The minimum Gasteiger partial charge on any atom is -0.491 e. The lowest BCUT2D eigenvalue weighted by atomic mass is 9.99. The van der Waals surface area contributed by atoms with Gasteiger partial charge in [-0.1, -0.05) is 18.9 Å². The van der Waals surface area contributed by atoms with Gasteiger partial charge in [-0.05, 0) is 50.1 Å². The van der Waals surface area contributed by atoms with Crippen molar-refractivity contribution in [3.63, 3.8) is 0 Å². The highest BCUT2D eigenvalue weighted by Gasteiger charge is 2.24. The molecule has 0 saturated heterocycles. The Labute approximate surface area is 120 Å². The summed E-state index contributed by atoms with van der Waals surface area (Å²) in [5, 5.41) is 4.52. The van der Waals surface area contributed by atoms with Crippen molar-refractivity contribution in [1.29, 1.82) is 0 Å². The summed E-state index contributed by atoms with van der Waals surface area (Å²) in [4.78, 5) is 4.37. The molecule has 0 amide bonds. The van der Waals surface area contributed by atoms with Crippen LogP contribution in [0.25, 0.3) is 10.9 Å². The quantitative estimate of drug-likeness (QED) is 0.904. The van der Waals surface area contributed by atoms with Crippen LogP contribution in [0.1, 0.15) is 25.7 Å². The van der Waals surface area contributed by atoms with Crippen LogP contribution in [-0.2, 0) is 0 Å². The Balaban J connectivity index is 1.72. The van der Waals surface area contributed by atoms with Gasteiger partial charge in [0.05, 0.1) is 5.52 Å². The van der Waals surface area contributed by atoms with E-state index in [9.17, 15) is 0 Å². The van der Waals surface area contributed by atoms with Gasteiger partial charge < -0.3 is 10.1 Å². The Kier molecular flexibility index (Phi) is 4.16. The summed E-state index contributed by atoms with van der Waals surface area (Å²) in [5.74, 6) is 1.70. The standard InChI is InChI=1S/C17H22N2O/c1-18-16(13-6-2-3-7-13)12-20-17-10-4-9-15-14(17)8-5-11-19-15/h4-5,8-11,13,16,18H,2-3,6-7,12H2,1H3. The number of aromatic nitrogens is 1. The Morgan fingerprint density at radius 2 is 2.10 bits per heavy atom. The summed E-state index contributed by atoms with van der Waals surface area (Å²) in [5.41, 5.74) is 0.992. The molecule has 3 rings (SSSR count). The number of benzene rings is 1. The molecule has 1 aliphatic rings. The van der Waals surface area contributed by atoms with Crippen molar-refractivity contribution in [2.45, 2.75) is 31.7 Å². The topological polar surface area (TPSA) is 34.1 Å². The van der Waals surface area contributed by atoms with Crippen LogP contribution < -0.4 is 10.1 Å². The molecule has 1 unspecified atom stereocenters. The lowest BCUT2D eigenvalue weighted by Crippen LogP contribution is -2.37. The van der Waals surface area contributed by atoms with E-state index in [1.807, 2.05) is 37.5 Å². The van der Waals surface area contributed by atoms with Gasteiger partial charge in [-0.25, -0.2) is 0 Å². The molecule has 3 heteroatoms. The molecule has 0 aliphatic heterocycles. The fraction of sp³-hybridized carbons (Fsp3) is 0.471. The molecule has 1 aromatic heterocycles. The average Bonchev–Trinajstić information content (AvgIpc) is 3.02. The normalized spacial score (nSPS) is 17.4. The van der Waals surface area contributed by atoms with Gasteiger partial charge in [-0.2, -0.15) is 0 Å². The molecule has 20 heavy (non-hydrogen) atoms. The third-order valence-electron chi connectivity index (χ3n) is 4.36. The number of likely N-dealkylation sites (N-methyl/N-ethyl adjacent to an activating group) is 1. The third-order valence-corrected chi connectivity index (χ3v) is 4.36. The van der Waals surface area contributed by atoms with Crippen molar-refractivity contribution >= 4 is 10.9 Å². The highest BCUT2D eigenvalue weighted by molar-refractivity contribution is 5.84. The molecule has 3 nitrogen and oxygen atoms in total. The van der Waals surface area contributed by atoms with Crippen LogP contribution >= 0.6 is 0 Å². The molecule has 1 aliphatic carbocycles. The molecular formula is C17H22N2O. The van der Waals surface area contributed by atoms with Gasteiger partial charge in [-0.3, -0.25) is 4.98 Å². The fourth-order valence-electron chi connectivity index (χ4n) is 3.20. The third kappa shape index (κ3) is 2.78. The molecule has 1 saturated carbocycles. The van der Waals surface area contributed by atoms with E-state index in [1.165, 1.54) is 25.7 Å². The maximum Gasteiger partial charge on any atom is 0.128 e. The first-order chi connectivity index (χ1) is 9.88. The van der Waals surface area contributed by atoms with Crippen molar-refractivity contribution in [3.8, 4) is 5.75 Å². The SMILES string of the molecule is CNC(COc1cccc2ncccc12)C1CCCC1. The zero-order valence-corrected chi connectivity index (χ0v) is 12.0. The Hall–Kier alpha value is -1.61. The van der Waals surface area contributed by atoms with Gasteiger partial charge in [0.15, 0.2) is 0 Å². The number of pyridine rings is 1. The Morgan fingerprint density at radius 3 is 2.90 bits per heavy atom. The second-order valence-corrected chi connectivity index (χ2v) is 5.58. The average molecular weight is 270 g/mol. The van der Waals surface area contributed by atoms with Crippen LogP contribution in [0.2, 0.25) is 0 Å². The molecule has 2 aromatic rings. The summed E-state index contributed by atoms with van der Waals surface area (Å²) >= 11 is 0. The van der Waals surface area contributed by atoms with Gasteiger partial charge in [0.25, 0.3) is 0 Å². The van der Waals surface area contributed by atoms with E-state index < -0.39 is 0 Å². The summed E-state index contributed by atoms with van der Waals surface area (Å²) in [6.45, 7) is 0.731. The molecule has 1 aromatic carbocycles. The molecule has 1 N–H and O–H groups in total. The second-order valence-electron chi connectivity index (χ2n) is 5.58. The first-order valence-electron chi connectivity index (χ1n) is 7.52. The Bertz CT molecular complexity index is 558. The van der Waals surface area contributed by atoms with Crippen molar-refractivity contribution in [3.05, 3.63) is 36.5 Å². The smallest absolute Gasteiger partial charge is 0.128 e. The van der Waals surface area contributed by atoms with Crippen LogP contribution in [0.3, 0.4) is 0 Å². The lowest BCUT2D eigenvalue weighted by molar-refractivity contribution is 0.227. The monoisotopic (exact) mass is 270 g/mol. The number of ether oxygens (including phenoxy) is 1. The van der Waals surface area contributed by atoms with E-state index in [2.05, 4.69) is 16.4 Å². The number of rotatable bonds is 5. The molecule has 1 heterocycles. The van der Waals surface area contributed by atoms with Crippen molar-refractivity contribution in [2.75, 3.05) is 13.7 Å². The van der Waals surface area contributed by atoms with Crippen LogP contribution in [0.4, 0.5) is 0 Å². The second kappa shape index (κ2) is 6.23. The summed E-state index contributed by atoms with van der Waals surface area (Å²) in [6, 6.07) is 10.5. The van der Waals surface area contributed by atoms with E-state index in [4.69, 9.17) is 4.74 Å². The van der Waals surface area contributed by atoms with E-state index in [0.29, 0.717) is 6.04 Å². The highest BCUT2D eigenvalue weighted by atomic mass is 16.5. The fourth-order valence-corrected chi connectivity index (χ4v) is 3.20. The van der Waals surface area contributed by atoms with Gasteiger partial charge in [0.2, 0.25) is 0 Å². The number of nitrogens with one attached hydrogen (secondary N) is 1. The van der Waals surface area contributed by atoms with Gasteiger partial charge in [0.1, 0.15) is 12.4 Å². The largest absolute Gasteiger partial charge is 0.491 e. The van der Waals surface area contributed by atoms with Gasteiger partial charge in [-0.15, -0.1) is 0 Å². The summed E-state index contributed by atoms with van der Waals surface area (Å²) in [6.07, 6.45) is 7.20. The van der Waals surface area contributed by atoms with Crippen molar-refractivity contribution in [2.24, 2.45) is 5.92 Å². The number of hydrogen-bond donors (Lipinski definition) is 1. The molecule has 1 fully saturated rings. The number of fused-ring (bicyclic) bond motifs is 1. The first-order valence-corrected chi connectivity index (χ1v) is 7.52. The molecule has 1 atom stereocenters. The molecule has 0 radical (unpaired) electrons. The minimum absolute atomic E-state index is 0.449. The van der Waals surface area contributed by atoms with E-state index in [1.54, 1.807) is 0 Å². The highest BCUT2D eigenvalue weighted by Crippen LogP contribution is 2.29. The van der Waals surface area contributed by atoms with Crippen LogP contribution in [0, 0.1) is 5.92 Å². The summed E-state index contributed by atoms with van der Waals surface area (Å²) < 4.78 is 6.08. The molecule has 106 valence electrons. The maximum atomic E-state index is 6.08. The summed E-state index contributed by atoms with van der Waals surface area (Å²) in [7, 11) is 2.04. The predicted octanol–water partition coefficient (Wildman–Crippen LogP) is 3.39. The lowest BCUT2D eigenvalue weighted by Gasteiger charge is -2.23. The maximum absolute atomic E-state index is 6.08.